The third-order valence-corrected chi connectivity index (χ3v) is 8.06. The molecule has 1 N–H and O–H groups in total. The zero-order valence-corrected chi connectivity index (χ0v) is 14.7. The molecular weight excluding hydrogens is 320 g/mol. The summed E-state index contributed by atoms with van der Waals surface area (Å²) in [6.45, 7) is 6.03. The normalized spacial score (nSPS) is 52.4. The van der Waals surface area contributed by atoms with Crippen molar-refractivity contribution in [2.75, 3.05) is 7.11 Å². The van der Waals surface area contributed by atoms with Gasteiger partial charge in [0.25, 0.3) is 0 Å². The van der Waals surface area contributed by atoms with E-state index in [1.807, 2.05) is 0 Å². The molecule has 1 aliphatic heterocycles. The first-order valence-corrected chi connectivity index (χ1v) is 9.19. The Morgan fingerprint density at radius 2 is 2.24 bits per heavy atom. The van der Waals surface area contributed by atoms with Crippen LogP contribution >= 0.6 is 0 Å². The molecule has 1 saturated heterocycles. The number of carbonyl (C=O) groups excluding carboxylic acids is 2. The molecule has 134 valence electrons. The highest BCUT2D eigenvalue weighted by molar-refractivity contribution is 5.87. The number of hydrogen-bond donors (Lipinski definition) is 1. The van der Waals surface area contributed by atoms with Gasteiger partial charge in [0.15, 0.2) is 0 Å². The van der Waals surface area contributed by atoms with Gasteiger partial charge in [-0.05, 0) is 50.5 Å². The highest BCUT2D eigenvalue weighted by atomic mass is 16.6. The van der Waals surface area contributed by atoms with Crippen molar-refractivity contribution >= 4 is 11.9 Å². The van der Waals surface area contributed by atoms with Crippen molar-refractivity contribution < 1.29 is 24.2 Å². The second kappa shape index (κ2) is 4.37. The summed E-state index contributed by atoms with van der Waals surface area (Å²) in [6, 6.07) is 0. The Morgan fingerprint density at radius 1 is 1.48 bits per heavy atom. The smallest absolute Gasteiger partial charge is 0.315 e. The van der Waals surface area contributed by atoms with Crippen molar-refractivity contribution in [2.24, 2.45) is 28.6 Å². The van der Waals surface area contributed by atoms with Gasteiger partial charge in [0.05, 0.1) is 24.5 Å². The molecule has 5 aliphatic rings. The van der Waals surface area contributed by atoms with Crippen LogP contribution in [0.15, 0.2) is 23.8 Å². The number of hydrogen-bond acceptors (Lipinski definition) is 5. The molecule has 5 rings (SSSR count). The van der Waals surface area contributed by atoms with Crippen LogP contribution in [0.5, 0.6) is 0 Å². The minimum absolute atomic E-state index is 0.285. The molecule has 0 radical (unpaired) electrons. The summed E-state index contributed by atoms with van der Waals surface area (Å²) in [5.41, 5.74) is 0.134. The number of carbonyl (C=O) groups is 2. The zero-order chi connectivity index (χ0) is 17.8. The van der Waals surface area contributed by atoms with Gasteiger partial charge in [-0.3, -0.25) is 9.59 Å². The summed E-state index contributed by atoms with van der Waals surface area (Å²) in [4.78, 5) is 25.8. The molecule has 4 fully saturated rings. The molecule has 5 nitrogen and oxygen atoms in total. The number of esters is 2. The first-order valence-electron chi connectivity index (χ1n) is 9.19. The largest absolute Gasteiger partial charge is 0.469 e. The van der Waals surface area contributed by atoms with Crippen molar-refractivity contribution in [2.45, 2.75) is 50.7 Å². The lowest BCUT2D eigenvalue weighted by Crippen LogP contribution is -2.52. The Hall–Kier alpha value is -1.62. The van der Waals surface area contributed by atoms with Gasteiger partial charge in [-0.1, -0.05) is 18.2 Å². The van der Waals surface area contributed by atoms with Crippen molar-refractivity contribution in [3.63, 3.8) is 0 Å². The van der Waals surface area contributed by atoms with E-state index >= 15 is 0 Å². The van der Waals surface area contributed by atoms with E-state index in [1.54, 1.807) is 6.92 Å². The predicted molar refractivity (Wildman–Crippen MR) is 88.2 cm³/mol. The number of methoxy groups -OCH3 is 1. The zero-order valence-electron chi connectivity index (χ0n) is 14.7. The summed E-state index contributed by atoms with van der Waals surface area (Å²) in [5.74, 6) is -1.09. The van der Waals surface area contributed by atoms with Crippen molar-refractivity contribution in [1.82, 2.24) is 0 Å². The van der Waals surface area contributed by atoms with Crippen LogP contribution in [-0.2, 0) is 19.1 Å². The van der Waals surface area contributed by atoms with E-state index in [4.69, 9.17) is 9.47 Å². The van der Waals surface area contributed by atoms with Crippen LogP contribution in [0.3, 0.4) is 0 Å². The molecule has 0 aromatic rings. The van der Waals surface area contributed by atoms with Crippen LogP contribution in [0.25, 0.3) is 0 Å². The number of aliphatic hydroxyl groups is 1. The lowest BCUT2D eigenvalue weighted by Gasteiger charge is -2.42. The molecule has 3 saturated carbocycles. The molecule has 5 heteroatoms. The number of fused-ring (bicyclic) bond motifs is 1. The molecule has 25 heavy (non-hydrogen) atoms. The van der Waals surface area contributed by atoms with Crippen LogP contribution in [0.2, 0.25) is 0 Å². The molecule has 7 atom stereocenters. The van der Waals surface area contributed by atoms with Gasteiger partial charge in [0, 0.05) is 11.3 Å². The standard InChI is InChI=1S/C20H24O5/c1-10-8-19-9-11(10)4-5-12(19)20-7-6-13(21)18(2,17(23)25-20)15(20)14(19)16(22)24-3/h5,11,13-15,21H,1,4,6-9H2,2-3H3/t11?,13-,14+,15+,18?,19-,20+/m0/s1. The molecular formula is C20H24O5. The van der Waals surface area contributed by atoms with Crippen molar-refractivity contribution in [3.05, 3.63) is 23.8 Å². The molecule has 4 bridgehead atoms. The van der Waals surface area contributed by atoms with Crippen molar-refractivity contribution in [3.8, 4) is 0 Å². The van der Waals surface area contributed by atoms with E-state index in [2.05, 4.69) is 12.7 Å². The molecule has 1 heterocycles. The van der Waals surface area contributed by atoms with Gasteiger partial charge in [-0.2, -0.15) is 0 Å². The van der Waals surface area contributed by atoms with Crippen LogP contribution in [0.4, 0.5) is 0 Å². The molecule has 0 aromatic carbocycles. The second-order valence-electron chi connectivity index (χ2n) is 8.84. The maximum Gasteiger partial charge on any atom is 0.315 e. The second-order valence-corrected chi connectivity index (χ2v) is 8.84. The third-order valence-electron chi connectivity index (χ3n) is 8.06. The van der Waals surface area contributed by atoms with Gasteiger partial charge in [0.1, 0.15) is 5.60 Å². The van der Waals surface area contributed by atoms with Crippen LogP contribution in [-0.4, -0.2) is 35.9 Å². The van der Waals surface area contributed by atoms with Gasteiger partial charge < -0.3 is 14.6 Å². The topological polar surface area (TPSA) is 72.8 Å². The summed E-state index contributed by atoms with van der Waals surface area (Å²) < 4.78 is 11.2. The first kappa shape index (κ1) is 15.6. The van der Waals surface area contributed by atoms with E-state index in [1.165, 1.54) is 12.7 Å². The fourth-order valence-electron chi connectivity index (χ4n) is 7.05. The number of rotatable bonds is 1. The van der Waals surface area contributed by atoms with Crippen LogP contribution in [0.1, 0.15) is 39.0 Å². The van der Waals surface area contributed by atoms with Gasteiger partial charge in [-0.25, -0.2) is 0 Å². The summed E-state index contributed by atoms with van der Waals surface area (Å²) >= 11 is 0. The average Bonchev–Trinajstić information content (AvgIpc) is 3.05. The van der Waals surface area contributed by atoms with Gasteiger partial charge in [-0.15, -0.1) is 0 Å². The lowest BCUT2D eigenvalue weighted by atomic mass is 9.59. The molecule has 0 aromatic heterocycles. The van der Waals surface area contributed by atoms with E-state index in [0.29, 0.717) is 18.8 Å². The SMILES string of the molecule is C=C1C[C@]23CC1CC=C2[C@@]12CC[C@H](O)C(C)(C(=O)O1)[C@H]2[C@@H]3C(=O)OC. The minimum Gasteiger partial charge on any atom is -0.469 e. The number of ether oxygens (including phenoxy) is 2. The van der Waals surface area contributed by atoms with Gasteiger partial charge >= 0.3 is 11.9 Å². The Kier molecular flexibility index (Phi) is 2.73. The Morgan fingerprint density at radius 3 is 2.96 bits per heavy atom. The monoisotopic (exact) mass is 344 g/mol. The van der Waals surface area contributed by atoms with Gasteiger partial charge in [0.2, 0.25) is 0 Å². The average molecular weight is 344 g/mol. The minimum atomic E-state index is -1.05. The fraction of sp³-hybridized carbons (Fsp3) is 0.700. The first-order chi connectivity index (χ1) is 11.8. The molecule has 2 unspecified atom stereocenters. The van der Waals surface area contributed by atoms with Crippen molar-refractivity contribution in [1.29, 1.82) is 0 Å². The molecule has 4 aliphatic carbocycles. The van der Waals surface area contributed by atoms with E-state index in [0.717, 1.165) is 24.8 Å². The highest BCUT2D eigenvalue weighted by Crippen LogP contribution is 2.76. The third kappa shape index (κ3) is 1.44. The van der Waals surface area contributed by atoms with E-state index in [9.17, 15) is 14.7 Å². The number of aliphatic hydroxyl groups excluding tert-OH is 1. The summed E-state index contributed by atoms with van der Waals surface area (Å²) in [7, 11) is 1.41. The van der Waals surface area contributed by atoms with E-state index < -0.39 is 23.0 Å². The Bertz CT molecular complexity index is 753. The van der Waals surface area contributed by atoms with E-state index in [-0.39, 0.29) is 23.3 Å². The Labute approximate surface area is 147 Å². The maximum absolute atomic E-state index is 13.0. The fourth-order valence-corrected chi connectivity index (χ4v) is 7.05. The quantitative estimate of drug-likeness (QED) is 0.583. The Balaban J connectivity index is 1.79. The van der Waals surface area contributed by atoms with Crippen LogP contribution in [0, 0.1) is 28.6 Å². The maximum atomic E-state index is 13.0. The predicted octanol–water partition coefficient (Wildman–Crippen LogP) is 2.14. The summed E-state index contributed by atoms with van der Waals surface area (Å²) in [5, 5.41) is 10.7. The molecule has 0 amide bonds. The number of allylic oxidation sites excluding steroid dienone is 2. The highest BCUT2D eigenvalue weighted by Gasteiger charge is 2.81. The van der Waals surface area contributed by atoms with Crippen LogP contribution < -0.4 is 0 Å². The summed E-state index contributed by atoms with van der Waals surface area (Å²) in [6.07, 6.45) is 5.05. The molecule has 1 spiro atoms. The lowest BCUT2D eigenvalue weighted by molar-refractivity contribution is -0.158.